The van der Waals surface area contributed by atoms with Crippen molar-refractivity contribution in [3.63, 3.8) is 0 Å². The second-order valence-corrected chi connectivity index (χ2v) is 6.01. The van der Waals surface area contributed by atoms with Gasteiger partial charge >= 0.3 is 29.6 Å². The molecule has 0 aromatic heterocycles. The molecule has 0 radical (unpaired) electrons. The van der Waals surface area contributed by atoms with Crippen LogP contribution in [-0.2, 0) is 16.0 Å². The molecule has 1 aliphatic carbocycles. The Hall–Kier alpha value is -0.160. The van der Waals surface area contributed by atoms with Gasteiger partial charge in [0.1, 0.15) is 5.78 Å². The largest absolute Gasteiger partial charge is 1.00 e. The van der Waals surface area contributed by atoms with Crippen molar-refractivity contribution in [3.05, 3.63) is 33.8 Å². The number of carboxylic acid groups (broad SMARTS) is 1. The Labute approximate surface area is 149 Å². The number of carbonyl (C=O) groups excluding carboxylic acids is 2. The van der Waals surface area contributed by atoms with Crippen molar-refractivity contribution in [2.45, 2.75) is 38.5 Å². The fourth-order valence-corrected chi connectivity index (χ4v) is 3.33. The molecule has 3 nitrogen and oxygen atoms in total. The summed E-state index contributed by atoms with van der Waals surface area (Å²) in [6.45, 7) is 1.61. The quantitative estimate of drug-likeness (QED) is 0.672. The number of carbonyl (C=O) groups is 2. The fourth-order valence-electron chi connectivity index (χ4n) is 2.56. The molecule has 0 saturated heterocycles. The zero-order chi connectivity index (χ0) is 14.0. The molecule has 1 saturated carbocycles. The summed E-state index contributed by atoms with van der Waals surface area (Å²) in [5.41, 5.74) is 1.78. The van der Waals surface area contributed by atoms with Gasteiger partial charge in [-0.3, -0.25) is 4.79 Å². The molecule has 102 valence electrons. The topological polar surface area (TPSA) is 57.2 Å². The van der Waals surface area contributed by atoms with Gasteiger partial charge in [-0.05, 0) is 36.5 Å². The number of hydrogen-bond acceptors (Lipinski definition) is 3. The van der Waals surface area contributed by atoms with Crippen molar-refractivity contribution in [1.29, 1.82) is 0 Å². The Balaban J connectivity index is 0.00000200. The molecule has 5 heteroatoms. The molecule has 1 aromatic rings. The Morgan fingerprint density at radius 3 is 2.70 bits per heavy atom. The van der Waals surface area contributed by atoms with E-state index in [1.165, 1.54) is 0 Å². The van der Waals surface area contributed by atoms with E-state index in [0.717, 1.165) is 29.3 Å². The first-order valence-electron chi connectivity index (χ1n) is 6.51. The predicted octanol–water partition coefficient (Wildman–Crippen LogP) is -0.782. The van der Waals surface area contributed by atoms with Gasteiger partial charge in [0.2, 0.25) is 0 Å². The summed E-state index contributed by atoms with van der Waals surface area (Å²) >= 11 is 3.40. The molecule has 1 aromatic carbocycles. The molecule has 2 unspecified atom stereocenters. The fraction of sp³-hybridized carbons (Fsp3) is 0.467. The minimum absolute atomic E-state index is 0. The SMILES string of the molecule is CC(C(=O)[O-])c1ccc(CC2CCCC2=O)cc1Br.[Na+]. The monoisotopic (exact) mass is 346 g/mol. The van der Waals surface area contributed by atoms with Crippen LogP contribution in [0.2, 0.25) is 0 Å². The van der Waals surface area contributed by atoms with Crippen LogP contribution in [0.25, 0.3) is 0 Å². The van der Waals surface area contributed by atoms with E-state index >= 15 is 0 Å². The molecule has 0 amide bonds. The molecule has 0 heterocycles. The van der Waals surface area contributed by atoms with Crippen molar-refractivity contribution in [1.82, 2.24) is 0 Å². The van der Waals surface area contributed by atoms with E-state index in [9.17, 15) is 14.7 Å². The average Bonchev–Trinajstić information content (AvgIpc) is 2.74. The standard InChI is InChI=1S/C15H17BrO3.Na/c1-9(15(18)19)12-6-5-10(8-13(12)16)7-11-3-2-4-14(11)17;/h5-6,8-9,11H,2-4,7H2,1H3,(H,18,19);/q;+1/p-1. The number of carboxylic acids is 1. The number of rotatable bonds is 4. The van der Waals surface area contributed by atoms with E-state index in [4.69, 9.17) is 0 Å². The number of halogens is 1. The third-order valence-corrected chi connectivity index (χ3v) is 4.48. The van der Waals surface area contributed by atoms with E-state index in [2.05, 4.69) is 15.9 Å². The van der Waals surface area contributed by atoms with Crippen LogP contribution in [0, 0.1) is 5.92 Å². The van der Waals surface area contributed by atoms with Gasteiger partial charge in [-0.2, -0.15) is 0 Å². The van der Waals surface area contributed by atoms with Gasteiger partial charge in [-0.15, -0.1) is 0 Å². The van der Waals surface area contributed by atoms with Gasteiger partial charge in [0.15, 0.2) is 0 Å². The van der Waals surface area contributed by atoms with Gasteiger partial charge in [-0.1, -0.05) is 35.0 Å². The first-order valence-corrected chi connectivity index (χ1v) is 7.30. The minimum Gasteiger partial charge on any atom is -0.550 e. The van der Waals surface area contributed by atoms with Crippen molar-refractivity contribution in [2.24, 2.45) is 5.92 Å². The Morgan fingerprint density at radius 1 is 1.50 bits per heavy atom. The van der Waals surface area contributed by atoms with E-state index in [0.29, 0.717) is 17.8 Å². The van der Waals surface area contributed by atoms with Crippen molar-refractivity contribution in [2.75, 3.05) is 0 Å². The van der Waals surface area contributed by atoms with Gasteiger partial charge in [0.05, 0.1) is 0 Å². The first-order chi connectivity index (χ1) is 8.99. The summed E-state index contributed by atoms with van der Waals surface area (Å²) in [7, 11) is 0. The van der Waals surface area contributed by atoms with E-state index in [1.54, 1.807) is 13.0 Å². The maximum absolute atomic E-state index is 11.6. The van der Waals surface area contributed by atoms with Crippen LogP contribution in [0.1, 0.15) is 43.2 Å². The average molecular weight is 347 g/mol. The molecular weight excluding hydrogens is 331 g/mol. The van der Waals surface area contributed by atoms with Crippen LogP contribution < -0.4 is 34.7 Å². The van der Waals surface area contributed by atoms with Gasteiger partial charge in [0, 0.05) is 28.7 Å². The third kappa shape index (κ3) is 4.17. The van der Waals surface area contributed by atoms with Crippen molar-refractivity contribution < 1.29 is 44.3 Å². The molecule has 2 atom stereocenters. The van der Waals surface area contributed by atoms with Gasteiger partial charge in [-0.25, -0.2) is 0 Å². The molecule has 1 aliphatic rings. The second kappa shape index (κ2) is 7.74. The molecule has 0 aliphatic heterocycles. The van der Waals surface area contributed by atoms with Gasteiger partial charge in [0.25, 0.3) is 0 Å². The first kappa shape index (κ1) is 17.9. The van der Waals surface area contributed by atoms with E-state index in [1.807, 2.05) is 12.1 Å². The second-order valence-electron chi connectivity index (χ2n) is 5.16. The maximum Gasteiger partial charge on any atom is 1.00 e. The number of benzene rings is 1. The predicted molar refractivity (Wildman–Crippen MR) is 73.6 cm³/mol. The zero-order valence-corrected chi connectivity index (χ0v) is 15.4. The number of hydrogen-bond donors (Lipinski definition) is 0. The molecule has 1 fully saturated rings. The molecule has 0 spiro atoms. The summed E-state index contributed by atoms with van der Waals surface area (Å²) in [5.74, 6) is -1.24. The maximum atomic E-state index is 11.6. The summed E-state index contributed by atoms with van der Waals surface area (Å²) < 4.78 is 0.771. The normalized spacial score (nSPS) is 19.5. The summed E-state index contributed by atoms with van der Waals surface area (Å²) in [6.07, 6.45) is 3.40. The summed E-state index contributed by atoms with van der Waals surface area (Å²) in [4.78, 5) is 22.5. The summed E-state index contributed by atoms with van der Waals surface area (Å²) in [6, 6.07) is 5.63. The van der Waals surface area contributed by atoms with E-state index < -0.39 is 11.9 Å². The minimum atomic E-state index is -1.08. The Morgan fingerprint density at radius 2 is 2.20 bits per heavy atom. The number of Topliss-reactive ketones (excluding diaryl/α,β-unsaturated/α-hetero) is 1. The van der Waals surface area contributed by atoms with Crippen LogP contribution in [0.15, 0.2) is 22.7 Å². The Bertz CT molecular complexity index is 516. The van der Waals surface area contributed by atoms with Gasteiger partial charge < -0.3 is 9.90 Å². The molecule has 2 rings (SSSR count). The van der Waals surface area contributed by atoms with Crippen LogP contribution in [-0.4, -0.2) is 11.8 Å². The van der Waals surface area contributed by atoms with Crippen molar-refractivity contribution in [3.8, 4) is 0 Å². The van der Waals surface area contributed by atoms with Crippen LogP contribution in [0.4, 0.5) is 0 Å². The summed E-state index contributed by atoms with van der Waals surface area (Å²) in [5, 5.41) is 10.9. The van der Waals surface area contributed by atoms with Crippen LogP contribution in [0.5, 0.6) is 0 Å². The van der Waals surface area contributed by atoms with Crippen LogP contribution in [0.3, 0.4) is 0 Å². The molecular formula is C15H16BrNaO3. The van der Waals surface area contributed by atoms with Crippen LogP contribution >= 0.6 is 15.9 Å². The molecule has 0 bridgehead atoms. The number of ketones is 1. The zero-order valence-electron chi connectivity index (χ0n) is 11.8. The molecule has 20 heavy (non-hydrogen) atoms. The Kier molecular flexibility index (Phi) is 6.92. The van der Waals surface area contributed by atoms with Crippen molar-refractivity contribution >= 4 is 27.7 Å². The molecule has 0 N–H and O–H groups in total. The third-order valence-electron chi connectivity index (χ3n) is 3.80. The number of aliphatic carboxylic acids is 1. The van der Waals surface area contributed by atoms with E-state index in [-0.39, 0.29) is 35.5 Å². The smallest absolute Gasteiger partial charge is 0.550 e.